The summed E-state index contributed by atoms with van der Waals surface area (Å²) >= 11 is 0. The fraction of sp³-hybridized carbons (Fsp3) is 1.00. The van der Waals surface area contributed by atoms with Crippen molar-refractivity contribution in [1.29, 1.82) is 0 Å². The number of hydrogen-bond acceptors (Lipinski definition) is 3. The highest BCUT2D eigenvalue weighted by atomic mass is 32.2. The largest absolute Gasteiger partial charge is 0.325 e. The van der Waals surface area contributed by atoms with Crippen molar-refractivity contribution < 1.29 is 8.42 Å². The van der Waals surface area contributed by atoms with E-state index in [2.05, 4.69) is 6.92 Å². The monoisotopic (exact) mass is 249 g/mol. The SMILES string of the molecule is CCCCC(N)(CC)CCS(=O)(=O)C(C)C. The van der Waals surface area contributed by atoms with Crippen molar-refractivity contribution in [2.75, 3.05) is 5.75 Å². The summed E-state index contributed by atoms with van der Waals surface area (Å²) in [4.78, 5) is 0. The van der Waals surface area contributed by atoms with Crippen molar-refractivity contribution in [3.05, 3.63) is 0 Å². The summed E-state index contributed by atoms with van der Waals surface area (Å²) in [6, 6.07) is 0. The summed E-state index contributed by atoms with van der Waals surface area (Å²) in [6.07, 6.45) is 4.54. The van der Waals surface area contributed by atoms with Gasteiger partial charge in [0, 0.05) is 5.54 Å². The highest BCUT2D eigenvalue weighted by molar-refractivity contribution is 7.91. The van der Waals surface area contributed by atoms with Gasteiger partial charge in [0.1, 0.15) is 0 Å². The van der Waals surface area contributed by atoms with Crippen LogP contribution in [0.3, 0.4) is 0 Å². The average molecular weight is 249 g/mol. The second-order valence-electron chi connectivity index (χ2n) is 4.99. The maximum absolute atomic E-state index is 11.7. The summed E-state index contributed by atoms with van der Waals surface area (Å²) in [5, 5.41) is -0.292. The molecular formula is C12H27NO2S. The first-order valence-corrected chi connectivity index (χ1v) is 7.99. The Morgan fingerprint density at radius 3 is 2.12 bits per heavy atom. The van der Waals surface area contributed by atoms with Gasteiger partial charge in [0.25, 0.3) is 0 Å². The lowest BCUT2D eigenvalue weighted by Crippen LogP contribution is -2.41. The first-order valence-electron chi connectivity index (χ1n) is 6.28. The van der Waals surface area contributed by atoms with Crippen LogP contribution in [-0.4, -0.2) is 25.0 Å². The van der Waals surface area contributed by atoms with Gasteiger partial charge < -0.3 is 5.73 Å². The zero-order valence-corrected chi connectivity index (χ0v) is 11.9. The predicted octanol–water partition coefficient (Wildman–Crippen LogP) is 2.50. The Morgan fingerprint density at radius 2 is 1.75 bits per heavy atom. The quantitative estimate of drug-likeness (QED) is 0.719. The molecule has 1 atom stereocenters. The van der Waals surface area contributed by atoms with Gasteiger partial charge in [-0.05, 0) is 33.1 Å². The molecule has 2 N–H and O–H groups in total. The van der Waals surface area contributed by atoms with Crippen molar-refractivity contribution in [1.82, 2.24) is 0 Å². The minimum absolute atomic E-state index is 0.221. The third kappa shape index (κ3) is 5.30. The van der Waals surface area contributed by atoms with Gasteiger partial charge in [-0.1, -0.05) is 26.7 Å². The number of unbranched alkanes of at least 4 members (excludes halogenated alkanes) is 1. The van der Waals surface area contributed by atoms with E-state index in [1.54, 1.807) is 13.8 Å². The van der Waals surface area contributed by atoms with E-state index < -0.39 is 9.84 Å². The molecule has 0 heterocycles. The van der Waals surface area contributed by atoms with E-state index >= 15 is 0 Å². The Morgan fingerprint density at radius 1 is 1.19 bits per heavy atom. The molecule has 0 aromatic carbocycles. The Hall–Kier alpha value is -0.0900. The van der Waals surface area contributed by atoms with Gasteiger partial charge in [-0.25, -0.2) is 8.42 Å². The molecule has 0 aromatic heterocycles. The summed E-state index contributed by atoms with van der Waals surface area (Å²) in [5.74, 6) is 0.221. The maximum atomic E-state index is 11.7. The molecule has 0 radical (unpaired) electrons. The highest BCUT2D eigenvalue weighted by Gasteiger charge is 2.26. The Labute approximate surface area is 101 Å². The van der Waals surface area contributed by atoms with Crippen LogP contribution in [0.4, 0.5) is 0 Å². The fourth-order valence-electron chi connectivity index (χ4n) is 1.59. The molecule has 0 saturated carbocycles. The third-order valence-corrected chi connectivity index (χ3v) is 5.54. The number of nitrogens with two attached hydrogens (primary N) is 1. The minimum atomic E-state index is -2.95. The Bertz CT molecular complexity index is 285. The first-order chi connectivity index (χ1) is 7.27. The smallest absolute Gasteiger partial charge is 0.152 e. The van der Waals surface area contributed by atoms with Crippen LogP contribution < -0.4 is 5.73 Å². The van der Waals surface area contributed by atoms with Gasteiger partial charge in [-0.15, -0.1) is 0 Å². The average Bonchev–Trinajstić information content (AvgIpc) is 2.23. The van der Waals surface area contributed by atoms with Crippen molar-refractivity contribution in [3.63, 3.8) is 0 Å². The van der Waals surface area contributed by atoms with Crippen molar-refractivity contribution in [2.45, 2.75) is 70.6 Å². The van der Waals surface area contributed by atoms with Crippen LogP contribution in [0.25, 0.3) is 0 Å². The number of rotatable bonds is 8. The van der Waals surface area contributed by atoms with Crippen LogP contribution in [-0.2, 0) is 9.84 Å². The van der Waals surface area contributed by atoms with E-state index in [0.29, 0.717) is 6.42 Å². The standard InChI is InChI=1S/C12H27NO2S/c1-5-7-8-12(13,6-2)9-10-16(14,15)11(3)4/h11H,5-10,13H2,1-4H3. The predicted molar refractivity (Wildman–Crippen MR) is 70.3 cm³/mol. The van der Waals surface area contributed by atoms with Crippen molar-refractivity contribution >= 4 is 9.84 Å². The molecule has 16 heavy (non-hydrogen) atoms. The lowest BCUT2D eigenvalue weighted by Gasteiger charge is -2.28. The van der Waals surface area contributed by atoms with Crippen LogP contribution in [0.1, 0.15) is 59.8 Å². The van der Waals surface area contributed by atoms with Gasteiger partial charge in [0.15, 0.2) is 9.84 Å². The molecule has 3 nitrogen and oxygen atoms in total. The zero-order valence-electron chi connectivity index (χ0n) is 11.1. The van der Waals surface area contributed by atoms with Crippen LogP contribution in [0.2, 0.25) is 0 Å². The molecule has 0 rings (SSSR count). The summed E-state index contributed by atoms with van der Waals surface area (Å²) < 4.78 is 23.4. The topological polar surface area (TPSA) is 60.2 Å². The van der Waals surface area contributed by atoms with E-state index in [9.17, 15) is 8.42 Å². The second-order valence-corrected chi connectivity index (χ2v) is 7.66. The molecule has 0 aromatic rings. The highest BCUT2D eigenvalue weighted by Crippen LogP contribution is 2.21. The molecule has 0 aliphatic rings. The van der Waals surface area contributed by atoms with Crippen LogP contribution >= 0.6 is 0 Å². The third-order valence-electron chi connectivity index (χ3n) is 3.34. The zero-order chi connectivity index (χ0) is 12.8. The summed E-state index contributed by atoms with van der Waals surface area (Å²) in [5.41, 5.74) is 5.93. The van der Waals surface area contributed by atoms with Gasteiger partial charge in [-0.2, -0.15) is 0 Å². The van der Waals surface area contributed by atoms with Crippen molar-refractivity contribution in [2.24, 2.45) is 5.73 Å². The van der Waals surface area contributed by atoms with Crippen LogP contribution in [0.15, 0.2) is 0 Å². The molecule has 0 aliphatic carbocycles. The first kappa shape index (κ1) is 15.9. The molecule has 98 valence electrons. The van der Waals surface area contributed by atoms with E-state index in [-0.39, 0.29) is 16.5 Å². The molecular weight excluding hydrogens is 222 g/mol. The molecule has 0 fully saturated rings. The van der Waals surface area contributed by atoms with E-state index in [0.717, 1.165) is 25.7 Å². The molecule has 0 aliphatic heterocycles. The molecule has 4 heteroatoms. The lowest BCUT2D eigenvalue weighted by atomic mass is 9.88. The molecule has 0 amide bonds. The summed E-state index contributed by atoms with van der Waals surface area (Å²) in [7, 11) is -2.95. The molecule has 0 saturated heterocycles. The van der Waals surface area contributed by atoms with Gasteiger partial charge in [0.2, 0.25) is 0 Å². The number of sulfone groups is 1. The molecule has 1 unspecified atom stereocenters. The van der Waals surface area contributed by atoms with E-state index in [4.69, 9.17) is 5.73 Å². The van der Waals surface area contributed by atoms with Crippen molar-refractivity contribution in [3.8, 4) is 0 Å². The van der Waals surface area contributed by atoms with Gasteiger partial charge in [0.05, 0.1) is 11.0 Å². The Balaban J connectivity index is 4.34. The lowest BCUT2D eigenvalue weighted by molar-refractivity contribution is 0.356. The molecule has 0 spiro atoms. The van der Waals surface area contributed by atoms with E-state index in [1.807, 2.05) is 6.92 Å². The summed E-state index contributed by atoms with van der Waals surface area (Å²) in [6.45, 7) is 7.62. The minimum Gasteiger partial charge on any atom is -0.325 e. The Kier molecular flexibility index (Phi) is 6.56. The number of hydrogen-bond donors (Lipinski definition) is 1. The van der Waals surface area contributed by atoms with E-state index in [1.165, 1.54) is 0 Å². The van der Waals surface area contributed by atoms with Crippen LogP contribution in [0.5, 0.6) is 0 Å². The second kappa shape index (κ2) is 6.60. The van der Waals surface area contributed by atoms with Crippen LogP contribution in [0, 0.1) is 0 Å². The normalized spacial score (nSPS) is 16.4. The fourth-order valence-corrected chi connectivity index (χ4v) is 2.75. The van der Waals surface area contributed by atoms with Gasteiger partial charge in [-0.3, -0.25) is 0 Å². The maximum Gasteiger partial charge on any atom is 0.152 e. The van der Waals surface area contributed by atoms with Gasteiger partial charge >= 0.3 is 0 Å². The molecule has 0 bridgehead atoms.